The molecule has 0 aliphatic rings. The zero-order valence-corrected chi connectivity index (χ0v) is 12.5. The van der Waals surface area contributed by atoms with Crippen LogP contribution in [0.25, 0.3) is 0 Å². The number of hydrazone groups is 1. The second kappa shape index (κ2) is 7.90. The third kappa shape index (κ3) is 4.68. The summed E-state index contributed by atoms with van der Waals surface area (Å²) in [5.41, 5.74) is 4.47. The van der Waals surface area contributed by atoms with Crippen LogP contribution in [0.3, 0.4) is 0 Å². The molecule has 0 unspecified atom stereocenters. The van der Waals surface area contributed by atoms with Crippen molar-refractivity contribution in [1.29, 1.82) is 0 Å². The van der Waals surface area contributed by atoms with E-state index in [1.54, 1.807) is 18.2 Å². The number of nitrogens with zero attached hydrogens (tertiary/aromatic N) is 1. The maximum Gasteiger partial charge on any atom is 0.336 e. The van der Waals surface area contributed by atoms with Gasteiger partial charge in [-0.2, -0.15) is 5.10 Å². The van der Waals surface area contributed by atoms with Gasteiger partial charge in [0.05, 0.1) is 11.8 Å². The fourth-order valence-corrected chi connectivity index (χ4v) is 1.91. The molecule has 0 bridgehead atoms. The summed E-state index contributed by atoms with van der Waals surface area (Å²) in [4.78, 5) is 11.1. The first kappa shape index (κ1) is 15.7. The van der Waals surface area contributed by atoms with Gasteiger partial charge in [0.2, 0.25) is 0 Å². The van der Waals surface area contributed by atoms with Gasteiger partial charge in [0, 0.05) is 12.1 Å². The third-order valence-corrected chi connectivity index (χ3v) is 3.09. The Kier molecular flexibility index (Phi) is 5.62. The van der Waals surface area contributed by atoms with Crippen molar-refractivity contribution in [3.05, 3.63) is 71.3 Å². The maximum absolute atomic E-state index is 11.1. The van der Waals surface area contributed by atoms with Crippen molar-refractivity contribution in [3.8, 4) is 0 Å². The first-order chi connectivity index (χ1) is 10.7. The molecule has 2 rings (SSSR count). The molecule has 0 fully saturated rings. The number of aromatic carboxylic acids is 1. The first-order valence-corrected chi connectivity index (χ1v) is 7.01. The number of carbonyl (C=O) groups is 1. The standard InChI is InChI=1S/C16H15N3O2S/c20-15(21)14-9-5-4-8-13(14)11-18-19-16(22)17-10-12-6-2-1-3-7-12/h1-9,11H,10H2,(H,20,21)(H2,17,19,22)/b18-11-. The van der Waals surface area contributed by atoms with Gasteiger partial charge < -0.3 is 10.4 Å². The van der Waals surface area contributed by atoms with Crippen LogP contribution in [0, 0.1) is 0 Å². The molecule has 0 saturated heterocycles. The molecule has 0 aromatic heterocycles. The van der Waals surface area contributed by atoms with Gasteiger partial charge in [-0.05, 0) is 23.8 Å². The second-order valence-corrected chi connectivity index (χ2v) is 4.84. The molecule has 0 saturated carbocycles. The predicted octanol–water partition coefficient (Wildman–Crippen LogP) is 2.38. The lowest BCUT2D eigenvalue weighted by atomic mass is 10.1. The highest BCUT2D eigenvalue weighted by Crippen LogP contribution is 2.05. The van der Waals surface area contributed by atoms with Crippen LogP contribution in [0.1, 0.15) is 21.5 Å². The van der Waals surface area contributed by atoms with E-state index >= 15 is 0 Å². The van der Waals surface area contributed by atoms with Crippen molar-refractivity contribution in [1.82, 2.24) is 10.7 Å². The molecule has 0 aliphatic heterocycles. The zero-order chi connectivity index (χ0) is 15.8. The molecule has 112 valence electrons. The molecule has 0 radical (unpaired) electrons. The summed E-state index contributed by atoms with van der Waals surface area (Å²) in [6, 6.07) is 16.4. The van der Waals surface area contributed by atoms with Crippen molar-refractivity contribution < 1.29 is 9.90 Å². The molecular weight excluding hydrogens is 298 g/mol. The van der Waals surface area contributed by atoms with E-state index in [0.717, 1.165) is 5.56 Å². The van der Waals surface area contributed by atoms with Gasteiger partial charge in [-0.1, -0.05) is 48.5 Å². The lowest BCUT2D eigenvalue weighted by Gasteiger charge is -2.07. The van der Waals surface area contributed by atoms with Crippen LogP contribution in [0.2, 0.25) is 0 Å². The van der Waals surface area contributed by atoms with Crippen molar-refractivity contribution in [2.75, 3.05) is 0 Å². The van der Waals surface area contributed by atoms with Crippen molar-refractivity contribution >= 4 is 29.5 Å². The summed E-state index contributed by atoms with van der Waals surface area (Å²) in [6.07, 6.45) is 1.43. The van der Waals surface area contributed by atoms with E-state index in [-0.39, 0.29) is 5.56 Å². The summed E-state index contributed by atoms with van der Waals surface area (Å²) in [6.45, 7) is 0.591. The summed E-state index contributed by atoms with van der Waals surface area (Å²) in [5.74, 6) is -0.994. The zero-order valence-electron chi connectivity index (χ0n) is 11.7. The molecule has 2 aromatic rings. The Morgan fingerprint density at radius 3 is 2.55 bits per heavy atom. The normalized spacial score (nSPS) is 10.4. The summed E-state index contributed by atoms with van der Waals surface area (Å²) >= 11 is 5.10. The molecular formula is C16H15N3O2S. The number of carboxylic acid groups (broad SMARTS) is 1. The van der Waals surface area contributed by atoms with Crippen LogP contribution in [0.15, 0.2) is 59.7 Å². The van der Waals surface area contributed by atoms with E-state index in [9.17, 15) is 4.79 Å². The SMILES string of the molecule is O=C(O)c1ccccc1/C=N\NC(=S)NCc1ccccc1. The Bertz CT molecular complexity index is 687. The molecule has 2 aromatic carbocycles. The van der Waals surface area contributed by atoms with Gasteiger partial charge in [-0.3, -0.25) is 5.43 Å². The lowest BCUT2D eigenvalue weighted by Crippen LogP contribution is -2.31. The predicted molar refractivity (Wildman–Crippen MR) is 90.0 cm³/mol. The minimum absolute atomic E-state index is 0.191. The highest BCUT2D eigenvalue weighted by molar-refractivity contribution is 7.80. The van der Waals surface area contributed by atoms with Gasteiger partial charge >= 0.3 is 5.97 Å². The number of thiocarbonyl (C=S) groups is 1. The van der Waals surface area contributed by atoms with E-state index in [4.69, 9.17) is 17.3 Å². The minimum atomic E-state index is -0.994. The average molecular weight is 313 g/mol. The Labute approximate surface area is 133 Å². The molecule has 0 amide bonds. The van der Waals surface area contributed by atoms with Gasteiger partial charge in [0.1, 0.15) is 0 Å². The van der Waals surface area contributed by atoms with E-state index in [1.165, 1.54) is 12.3 Å². The van der Waals surface area contributed by atoms with Crippen LogP contribution in [-0.2, 0) is 6.54 Å². The fourth-order valence-electron chi connectivity index (χ4n) is 1.78. The lowest BCUT2D eigenvalue weighted by molar-refractivity contribution is 0.0697. The summed E-state index contributed by atoms with van der Waals surface area (Å²) in [5, 5.41) is 16.4. The van der Waals surface area contributed by atoms with Crippen LogP contribution in [0.4, 0.5) is 0 Å². The first-order valence-electron chi connectivity index (χ1n) is 6.60. The van der Waals surface area contributed by atoms with E-state index in [2.05, 4.69) is 15.8 Å². The summed E-state index contributed by atoms with van der Waals surface area (Å²) < 4.78 is 0. The number of rotatable bonds is 5. The largest absolute Gasteiger partial charge is 0.478 e. The monoisotopic (exact) mass is 313 g/mol. The van der Waals surface area contributed by atoms with Gasteiger partial charge in [-0.25, -0.2) is 4.79 Å². The van der Waals surface area contributed by atoms with E-state index in [1.807, 2.05) is 30.3 Å². The molecule has 6 heteroatoms. The van der Waals surface area contributed by atoms with Gasteiger partial charge in [0.15, 0.2) is 5.11 Å². The van der Waals surface area contributed by atoms with E-state index < -0.39 is 5.97 Å². The van der Waals surface area contributed by atoms with Gasteiger partial charge in [0.25, 0.3) is 0 Å². The molecule has 5 nitrogen and oxygen atoms in total. The Hall–Kier alpha value is -2.73. The van der Waals surface area contributed by atoms with Gasteiger partial charge in [-0.15, -0.1) is 0 Å². The number of nitrogens with one attached hydrogen (secondary N) is 2. The fraction of sp³-hybridized carbons (Fsp3) is 0.0625. The van der Waals surface area contributed by atoms with Crippen molar-refractivity contribution in [3.63, 3.8) is 0 Å². The minimum Gasteiger partial charge on any atom is -0.478 e. The van der Waals surface area contributed by atoms with Crippen molar-refractivity contribution in [2.24, 2.45) is 5.10 Å². The quantitative estimate of drug-likeness (QED) is 0.449. The topological polar surface area (TPSA) is 73.7 Å². The summed E-state index contributed by atoms with van der Waals surface area (Å²) in [7, 11) is 0. The number of benzene rings is 2. The molecule has 0 atom stereocenters. The van der Waals surface area contributed by atoms with Crippen LogP contribution in [-0.4, -0.2) is 22.4 Å². The Balaban J connectivity index is 1.87. The molecule has 0 spiro atoms. The van der Waals surface area contributed by atoms with E-state index in [0.29, 0.717) is 17.2 Å². The average Bonchev–Trinajstić information content (AvgIpc) is 2.54. The molecule has 3 N–H and O–H groups in total. The molecule has 0 aliphatic carbocycles. The Morgan fingerprint density at radius 1 is 1.14 bits per heavy atom. The van der Waals surface area contributed by atoms with Crippen LogP contribution >= 0.6 is 12.2 Å². The smallest absolute Gasteiger partial charge is 0.336 e. The van der Waals surface area contributed by atoms with Crippen molar-refractivity contribution in [2.45, 2.75) is 6.54 Å². The van der Waals surface area contributed by atoms with Crippen LogP contribution in [0.5, 0.6) is 0 Å². The number of hydrogen-bond acceptors (Lipinski definition) is 3. The number of hydrogen-bond donors (Lipinski definition) is 3. The Morgan fingerprint density at radius 2 is 1.82 bits per heavy atom. The highest BCUT2D eigenvalue weighted by atomic mass is 32.1. The third-order valence-electron chi connectivity index (χ3n) is 2.86. The van der Waals surface area contributed by atoms with Crippen LogP contribution < -0.4 is 10.7 Å². The highest BCUT2D eigenvalue weighted by Gasteiger charge is 2.06. The molecule has 0 heterocycles. The maximum atomic E-state index is 11.1. The number of carboxylic acids is 1. The second-order valence-electron chi connectivity index (χ2n) is 4.43. The molecule has 22 heavy (non-hydrogen) atoms.